The molecule has 0 bridgehead atoms. The van der Waals surface area contributed by atoms with Crippen LogP contribution in [0.5, 0.6) is 0 Å². The van der Waals surface area contributed by atoms with E-state index in [4.69, 9.17) is 22.5 Å². The summed E-state index contributed by atoms with van der Waals surface area (Å²) in [5, 5.41) is 16.9. The van der Waals surface area contributed by atoms with E-state index in [1.54, 1.807) is 0 Å². The molecule has 6 nitrogen and oxygen atoms in total. The molecule has 1 rings (SSSR count). The predicted octanol–water partition coefficient (Wildman–Crippen LogP) is 2.46. The smallest absolute Gasteiger partial charge is 0.140 e. The van der Waals surface area contributed by atoms with Gasteiger partial charge in [0.15, 0.2) is 0 Å². The van der Waals surface area contributed by atoms with Crippen molar-refractivity contribution >= 4 is 17.4 Å². The monoisotopic (exact) mass is 315 g/mol. The van der Waals surface area contributed by atoms with E-state index >= 15 is 0 Å². The fourth-order valence-electron chi connectivity index (χ4n) is 2.31. The van der Waals surface area contributed by atoms with Crippen LogP contribution in [0.4, 0.5) is 0 Å². The molecule has 0 aliphatic heterocycles. The fourth-order valence-corrected chi connectivity index (χ4v) is 2.50. The van der Waals surface area contributed by atoms with Gasteiger partial charge in [0.05, 0.1) is 16.4 Å². The number of halogens is 1. The van der Waals surface area contributed by atoms with Crippen molar-refractivity contribution in [2.75, 3.05) is 13.1 Å². The molecule has 1 heterocycles. The lowest BCUT2D eigenvalue weighted by Gasteiger charge is -2.24. The van der Waals surface area contributed by atoms with E-state index in [1.807, 2.05) is 11.6 Å². The molecule has 0 spiro atoms. The van der Waals surface area contributed by atoms with Gasteiger partial charge in [0, 0.05) is 32.6 Å². The van der Waals surface area contributed by atoms with Crippen molar-refractivity contribution in [2.24, 2.45) is 16.8 Å². The maximum Gasteiger partial charge on any atom is 0.140 e. The number of oxime groups is 1. The minimum Gasteiger partial charge on any atom is -0.409 e. The Morgan fingerprint density at radius 3 is 2.71 bits per heavy atom. The summed E-state index contributed by atoms with van der Waals surface area (Å²) in [4.78, 5) is 2.26. The number of hydrogen-bond acceptors (Lipinski definition) is 4. The Morgan fingerprint density at radius 2 is 2.19 bits per heavy atom. The molecule has 0 saturated carbocycles. The Labute approximate surface area is 131 Å². The molecule has 21 heavy (non-hydrogen) atoms. The second kappa shape index (κ2) is 8.24. The standard InChI is InChI=1S/C14H26ClN5O/c1-5-20-12(14(15)11(4)17-20)9-19(8-10(2)3)7-6-13(16)18-21/h10,21H,5-9H2,1-4H3,(H2,16,18). The number of amidine groups is 1. The SMILES string of the molecule is CCn1nc(C)c(Cl)c1CN(CCC(N)=NO)CC(C)C. The number of aryl methyl sites for hydroxylation is 2. The fraction of sp³-hybridized carbons (Fsp3) is 0.714. The molecular weight excluding hydrogens is 290 g/mol. The van der Waals surface area contributed by atoms with Crippen LogP contribution < -0.4 is 5.73 Å². The van der Waals surface area contributed by atoms with Crippen LogP contribution in [-0.2, 0) is 13.1 Å². The first-order valence-electron chi connectivity index (χ1n) is 7.29. The van der Waals surface area contributed by atoms with E-state index in [1.165, 1.54) is 0 Å². The average molecular weight is 316 g/mol. The van der Waals surface area contributed by atoms with Gasteiger partial charge in [-0.2, -0.15) is 5.10 Å². The van der Waals surface area contributed by atoms with Gasteiger partial charge >= 0.3 is 0 Å². The van der Waals surface area contributed by atoms with Crippen LogP contribution >= 0.6 is 11.6 Å². The second-order valence-corrected chi connectivity index (χ2v) is 6.01. The minimum atomic E-state index is 0.245. The third-order valence-corrected chi connectivity index (χ3v) is 3.75. The number of nitrogens with zero attached hydrogens (tertiary/aromatic N) is 4. The molecule has 0 saturated heterocycles. The highest BCUT2D eigenvalue weighted by Crippen LogP contribution is 2.22. The van der Waals surface area contributed by atoms with Crippen molar-refractivity contribution in [3.05, 3.63) is 16.4 Å². The van der Waals surface area contributed by atoms with Gasteiger partial charge in [0.1, 0.15) is 5.84 Å². The summed E-state index contributed by atoms with van der Waals surface area (Å²) in [7, 11) is 0. The zero-order valence-electron chi connectivity index (χ0n) is 13.3. The highest BCUT2D eigenvalue weighted by Gasteiger charge is 2.17. The molecule has 0 aliphatic rings. The Bertz CT molecular complexity index is 484. The average Bonchev–Trinajstić information content (AvgIpc) is 2.71. The van der Waals surface area contributed by atoms with Gasteiger partial charge in [-0.25, -0.2) is 0 Å². The van der Waals surface area contributed by atoms with Crippen molar-refractivity contribution in [1.82, 2.24) is 14.7 Å². The van der Waals surface area contributed by atoms with Gasteiger partial charge in [-0.05, 0) is 19.8 Å². The van der Waals surface area contributed by atoms with E-state index in [0.717, 1.165) is 36.0 Å². The first-order chi connectivity index (χ1) is 9.88. The lowest BCUT2D eigenvalue weighted by Crippen LogP contribution is -2.32. The Kier molecular flexibility index (Phi) is 6.98. The Morgan fingerprint density at radius 1 is 1.52 bits per heavy atom. The zero-order valence-corrected chi connectivity index (χ0v) is 14.1. The summed E-state index contributed by atoms with van der Waals surface area (Å²) in [5.41, 5.74) is 7.45. The van der Waals surface area contributed by atoms with E-state index < -0.39 is 0 Å². The normalized spacial score (nSPS) is 12.6. The van der Waals surface area contributed by atoms with Crippen LogP contribution in [0.15, 0.2) is 5.16 Å². The van der Waals surface area contributed by atoms with Crippen molar-refractivity contribution in [3.63, 3.8) is 0 Å². The summed E-state index contributed by atoms with van der Waals surface area (Å²) in [6.07, 6.45) is 0.528. The second-order valence-electron chi connectivity index (χ2n) is 5.63. The molecule has 0 atom stereocenters. The van der Waals surface area contributed by atoms with Gasteiger partial charge in [0.25, 0.3) is 0 Å². The maximum atomic E-state index is 8.66. The van der Waals surface area contributed by atoms with Crippen LogP contribution in [0.3, 0.4) is 0 Å². The minimum absolute atomic E-state index is 0.245. The highest BCUT2D eigenvalue weighted by atomic mass is 35.5. The number of rotatable bonds is 8. The molecule has 0 unspecified atom stereocenters. The molecule has 0 radical (unpaired) electrons. The molecule has 0 aromatic carbocycles. The Balaban J connectivity index is 2.85. The van der Waals surface area contributed by atoms with Gasteiger partial charge in [-0.1, -0.05) is 30.6 Å². The van der Waals surface area contributed by atoms with E-state index in [9.17, 15) is 0 Å². The number of aromatic nitrogens is 2. The zero-order chi connectivity index (χ0) is 16.0. The third kappa shape index (κ3) is 5.21. The van der Waals surface area contributed by atoms with E-state index in [0.29, 0.717) is 18.9 Å². The third-order valence-electron chi connectivity index (χ3n) is 3.26. The lowest BCUT2D eigenvalue weighted by molar-refractivity contribution is 0.234. The molecule has 7 heteroatoms. The van der Waals surface area contributed by atoms with Gasteiger partial charge in [0.2, 0.25) is 0 Å². The van der Waals surface area contributed by atoms with Crippen molar-refractivity contribution in [2.45, 2.75) is 47.2 Å². The maximum absolute atomic E-state index is 8.66. The van der Waals surface area contributed by atoms with Gasteiger partial charge in [-0.15, -0.1) is 0 Å². The largest absolute Gasteiger partial charge is 0.409 e. The summed E-state index contributed by atoms with van der Waals surface area (Å²) < 4.78 is 1.94. The quantitative estimate of drug-likeness (QED) is 0.334. The van der Waals surface area contributed by atoms with Crippen molar-refractivity contribution in [1.29, 1.82) is 0 Å². The lowest BCUT2D eigenvalue weighted by atomic mass is 10.2. The summed E-state index contributed by atoms with van der Waals surface area (Å²) in [6.45, 7) is 11.4. The molecule has 120 valence electrons. The number of hydrogen-bond donors (Lipinski definition) is 2. The molecule has 3 N–H and O–H groups in total. The molecule has 1 aromatic heterocycles. The summed E-state index contributed by atoms with van der Waals surface area (Å²) in [6, 6.07) is 0. The van der Waals surface area contributed by atoms with Crippen molar-refractivity contribution in [3.8, 4) is 0 Å². The molecule has 0 fully saturated rings. The van der Waals surface area contributed by atoms with E-state index in [2.05, 4.69) is 35.9 Å². The van der Waals surface area contributed by atoms with Crippen LogP contribution in [0, 0.1) is 12.8 Å². The summed E-state index contributed by atoms with van der Waals surface area (Å²) >= 11 is 6.36. The van der Waals surface area contributed by atoms with E-state index in [-0.39, 0.29) is 5.84 Å². The predicted molar refractivity (Wildman–Crippen MR) is 85.8 cm³/mol. The first-order valence-corrected chi connectivity index (χ1v) is 7.67. The van der Waals surface area contributed by atoms with Gasteiger partial charge in [-0.3, -0.25) is 9.58 Å². The van der Waals surface area contributed by atoms with Crippen LogP contribution in [0.25, 0.3) is 0 Å². The highest BCUT2D eigenvalue weighted by molar-refractivity contribution is 6.31. The van der Waals surface area contributed by atoms with Crippen molar-refractivity contribution < 1.29 is 5.21 Å². The first kappa shape index (κ1) is 17.8. The molecule has 0 aliphatic carbocycles. The van der Waals surface area contributed by atoms with Crippen LogP contribution in [-0.4, -0.2) is 38.8 Å². The number of nitrogens with two attached hydrogens (primary N) is 1. The topological polar surface area (TPSA) is 79.7 Å². The molecular formula is C14H26ClN5O. The summed E-state index contributed by atoms with van der Waals surface area (Å²) in [5.74, 6) is 0.769. The van der Waals surface area contributed by atoms with Crippen LogP contribution in [0.1, 0.15) is 38.6 Å². The Hall–Kier alpha value is -1.27. The van der Waals surface area contributed by atoms with Gasteiger partial charge < -0.3 is 10.9 Å². The van der Waals surface area contributed by atoms with Crippen LogP contribution in [0.2, 0.25) is 5.02 Å². The molecule has 0 amide bonds. The molecule has 1 aromatic rings.